The fourth-order valence-corrected chi connectivity index (χ4v) is 2.25. The smallest absolute Gasteiger partial charge is 0.193 e. The van der Waals surface area contributed by atoms with Crippen LogP contribution in [-0.4, -0.2) is 26.2 Å². The fourth-order valence-electron chi connectivity index (χ4n) is 2.25. The van der Waals surface area contributed by atoms with Crippen molar-refractivity contribution in [1.82, 2.24) is 0 Å². The zero-order valence-electron chi connectivity index (χ0n) is 10.9. The minimum absolute atomic E-state index is 0.476. The molecule has 0 aliphatic heterocycles. The van der Waals surface area contributed by atoms with Crippen LogP contribution >= 0.6 is 0 Å². The van der Waals surface area contributed by atoms with Crippen molar-refractivity contribution in [3.8, 4) is 0 Å². The van der Waals surface area contributed by atoms with Gasteiger partial charge in [-0.15, -0.1) is 0 Å². The molecule has 18 heavy (non-hydrogen) atoms. The Labute approximate surface area is 108 Å². The molecule has 1 aromatic carbocycles. The van der Waals surface area contributed by atoms with E-state index in [1.807, 2.05) is 0 Å². The zero-order valence-corrected chi connectivity index (χ0v) is 10.9. The molecular weight excluding hydrogens is 226 g/mol. The minimum Gasteiger partial charge on any atom is -0.385 e. The van der Waals surface area contributed by atoms with Crippen LogP contribution in [0.3, 0.4) is 0 Å². The van der Waals surface area contributed by atoms with Gasteiger partial charge in [-0.2, -0.15) is 0 Å². The molecule has 0 saturated carbocycles. The number of nitrogens with two attached hydrogens (primary N) is 1. The average molecular weight is 247 g/mol. The lowest BCUT2D eigenvalue weighted by Gasteiger charge is -2.07. The summed E-state index contributed by atoms with van der Waals surface area (Å²) in [6.07, 6.45) is 4.54. The maximum Gasteiger partial charge on any atom is 0.193 e. The van der Waals surface area contributed by atoms with Crippen LogP contribution < -0.4 is 11.1 Å². The molecule has 1 aliphatic rings. The van der Waals surface area contributed by atoms with Crippen molar-refractivity contribution >= 4 is 11.6 Å². The maximum atomic E-state index is 5.83. The third-order valence-corrected chi connectivity index (χ3v) is 3.16. The van der Waals surface area contributed by atoms with Gasteiger partial charge in [-0.05, 0) is 48.9 Å². The molecule has 0 spiro atoms. The number of hydrogen-bond acceptors (Lipinski definition) is 2. The maximum absolute atomic E-state index is 5.83. The second-order valence-corrected chi connectivity index (χ2v) is 4.58. The van der Waals surface area contributed by atoms with Gasteiger partial charge in [-0.3, -0.25) is 4.99 Å². The largest absolute Gasteiger partial charge is 0.385 e. The summed E-state index contributed by atoms with van der Waals surface area (Å²) >= 11 is 0. The standard InChI is InChI=1S/C14H21N3O/c1-18-9-3-8-16-14(15)17-13-7-6-11-4-2-5-12(11)10-13/h6-7,10H,2-5,8-9H2,1H3,(H3,15,16,17). The van der Waals surface area contributed by atoms with E-state index in [1.165, 1.54) is 30.4 Å². The van der Waals surface area contributed by atoms with Crippen molar-refractivity contribution in [2.75, 3.05) is 25.6 Å². The van der Waals surface area contributed by atoms with E-state index in [4.69, 9.17) is 10.5 Å². The first-order valence-corrected chi connectivity index (χ1v) is 6.47. The molecule has 3 N–H and O–H groups in total. The summed E-state index contributed by atoms with van der Waals surface area (Å²) in [5, 5.41) is 3.14. The number of anilines is 1. The Morgan fingerprint density at radius 3 is 3.06 bits per heavy atom. The molecule has 0 unspecified atom stereocenters. The van der Waals surface area contributed by atoms with Gasteiger partial charge in [0.15, 0.2) is 5.96 Å². The van der Waals surface area contributed by atoms with Gasteiger partial charge in [0.1, 0.15) is 0 Å². The normalized spacial score (nSPS) is 14.6. The number of aryl methyl sites for hydroxylation is 2. The predicted molar refractivity (Wildman–Crippen MR) is 75.1 cm³/mol. The Kier molecular flexibility index (Phi) is 4.59. The van der Waals surface area contributed by atoms with Crippen LogP contribution in [0.15, 0.2) is 23.2 Å². The highest BCUT2D eigenvalue weighted by atomic mass is 16.5. The van der Waals surface area contributed by atoms with Gasteiger partial charge in [0, 0.05) is 25.9 Å². The number of benzene rings is 1. The number of ether oxygens (including phenoxy) is 1. The van der Waals surface area contributed by atoms with E-state index in [9.17, 15) is 0 Å². The van der Waals surface area contributed by atoms with Gasteiger partial charge in [-0.1, -0.05) is 6.07 Å². The molecule has 0 aromatic heterocycles. The second-order valence-electron chi connectivity index (χ2n) is 4.58. The predicted octanol–water partition coefficient (Wildman–Crippen LogP) is 1.94. The number of rotatable bonds is 5. The van der Waals surface area contributed by atoms with Crippen molar-refractivity contribution in [2.45, 2.75) is 25.7 Å². The zero-order chi connectivity index (χ0) is 12.8. The second kappa shape index (κ2) is 6.40. The molecule has 0 saturated heterocycles. The highest BCUT2D eigenvalue weighted by Crippen LogP contribution is 2.24. The summed E-state index contributed by atoms with van der Waals surface area (Å²) in [6, 6.07) is 6.43. The summed E-state index contributed by atoms with van der Waals surface area (Å²) in [7, 11) is 1.69. The summed E-state index contributed by atoms with van der Waals surface area (Å²) in [6.45, 7) is 1.41. The summed E-state index contributed by atoms with van der Waals surface area (Å²) in [5.74, 6) is 0.476. The number of guanidine groups is 1. The molecule has 0 bridgehead atoms. The molecule has 0 atom stereocenters. The summed E-state index contributed by atoms with van der Waals surface area (Å²) in [5.41, 5.74) is 9.77. The van der Waals surface area contributed by atoms with Gasteiger partial charge in [0.2, 0.25) is 0 Å². The summed E-state index contributed by atoms with van der Waals surface area (Å²) in [4.78, 5) is 4.25. The average Bonchev–Trinajstić information content (AvgIpc) is 2.82. The van der Waals surface area contributed by atoms with Gasteiger partial charge < -0.3 is 15.8 Å². The van der Waals surface area contributed by atoms with E-state index >= 15 is 0 Å². The molecule has 4 heteroatoms. The SMILES string of the molecule is COCCCN=C(N)Nc1ccc2c(c1)CCC2. The molecule has 98 valence electrons. The van der Waals surface area contributed by atoms with E-state index in [0.29, 0.717) is 12.5 Å². The highest BCUT2D eigenvalue weighted by molar-refractivity contribution is 5.92. The number of nitrogens with one attached hydrogen (secondary N) is 1. The number of aliphatic imine (C=N–C) groups is 1. The Morgan fingerprint density at radius 2 is 2.22 bits per heavy atom. The number of methoxy groups -OCH3 is 1. The van der Waals surface area contributed by atoms with Crippen molar-refractivity contribution in [3.05, 3.63) is 29.3 Å². The number of nitrogens with zero attached hydrogens (tertiary/aromatic N) is 1. The monoisotopic (exact) mass is 247 g/mol. The molecule has 4 nitrogen and oxygen atoms in total. The van der Waals surface area contributed by atoms with Crippen LogP contribution in [0.1, 0.15) is 24.0 Å². The van der Waals surface area contributed by atoms with Gasteiger partial charge in [-0.25, -0.2) is 0 Å². The van der Waals surface area contributed by atoms with Crippen molar-refractivity contribution in [2.24, 2.45) is 10.7 Å². The molecule has 2 rings (SSSR count). The van der Waals surface area contributed by atoms with Gasteiger partial charge in [0.25, 0.3) is 0 Å². The van der Waals surface area contributed by atoms with E-state index in [1.54, 1.807) is 7.11 Å². The highest BCUT2D eigenvalue weighted by Gasteiger charge is 2.10. The Bertz CT molecular complexity index is 429. The minimum atomic E-state index is 0.476. The number of hydrogen-bond donors (Lipinski definition) is 2. The molecule has 1 aliphatic carbocycles. The molecule has 0 amide bonds. The van der Waals surface area contributed by atoms with Crippen LogP contribution in [0, 0.1) is 0 Å². The van der Waals surface area contributed by atoms with E-state index in [-0.39, 0.29) is 0 Å². The first-order chi connectivity index (χ1) is 8.79. The molecule has 0 radical (unpaired) electrons. The number of fused-ring (bicyclic) bond motifs is 1. The first-order valence-electron chi connectivity index (χ1n) is 6.47. The molecular formula is C14H21N3O. The van der Waals surface area contributed by atoms with Crippen LogP contribution in [-0.2, 0) is 17.6 Å². The Balaban J connectivity index is 1.88. The molecule has 0 heterocycles. The van der Waals surface area contributed by atoms with E-state index < -0.39 is 0 Å². The third-order valence-electron chi connectivity index (χ3n) is 3.16. The Hall–Kier alpha value is -1.55. The van der Waals surface area contributed by atoms with Crippen molar-refractivity contribution < 1.29 is 4.74 Å². The van der Waals surface area contributed by atoms with E-state index in [0.717, 1.165) is 18.7 Å². The lowest BCUT2D eigenvalue weighted by molar-refractivity contribution is 0.197. The topological polar surface area (TPSA) is 59.6 Å². The van der Waals surface area contributed by atoms with E-state index in [2.05, 4.69) is 28.5 Å². The lowest BCUT2D eigenvalue weighted by Crippen LogP contribution is -2.23. The molecule has 1 aromatic rings. The van der Waals surface area contributed by atoms with Crippen molar-refractivity contribution in [3.63, 3.8) is 0 Å². The molecule has 0 fully saturated rings. The van der Waals surface area contributed by atoms with Gasteiger partial charge >= 0.3 is 0 Å². The third kappa shape index (κ3) is 3.47. The quantitative estimate of drug-likeness (QED) is 0.475. The van der Waals surface area contributed by atoms with Crippen LogP contribution in [0.25, 0.3) is 0 Å². The lowest BCUT2D eigenvalue weighted by atomic mass is 10.1. The van der Waals surface area contributed by atoms with Crippen LogP contribution in [0.4, 0.5) is 5.69 Å². The van der Waals surface area contributed by atoms with Gasteiger partial charge in [0.05, 0.1) is 0 Å². The fraction of sp³-hybridized carbons (Fsp3) is 0.500. The van der Waals surface area contributed by atoms with Crippen molar-refractivity contribution in [1.29, 1.82) is 0 Å². The first kappa shape index (κ1) is 12.9. The summed E-state index contributed by atoms with van der Waals surface area (Å²) < 4.78 is 4.96. The van der Waals surface area contributed by atoms with Crippen LogP contribution in [0.5, 0.6) is 0 Å². The Morgan fingerprint density at radius 1 is 1.39 bits per heavy atom. The van der Waals surface area contributed by atoms with Crippen LogP contribution in [0.2, 0.25) is 0 Å².